The largest absolute Gasteiger partial charge is 0.292 e. The molecule has 0 aliphatic carbocycles. The van der Waals surface area contributed by atoms with Crippen LogP contribution in [0.5, 0.6) is 0 Å². The lowest BCUT2D eigenvalue weighted by atomic mass is 10.0. The van der Waals surface area contributed by atoms with Gasteiger partial charge in [0.05, 0.1) is 0 Å². The maximum atomic E-state index is 12.4. The highest BCUT2D eigenvalue weighted by molar-refractivity contribution is 5.97. The van der Waals surface area contributed by atoms with Gasteiger partial charge in [0.25, 0.3) is 11.8 Å². The van der Waals surface area contributed by atoms with Crippen LogP contribution in [-0.4, -0.2) is 21.6 Å². The lowest BCUT2D eigenvalue weighted by Gasteiger charge is -2.14. The van der Waals surface area contributed by atoms with Gasteiger partial charge in [-0.3, -0.25) is 19.4 Å². The fourth-order valence-electron chi connectivity index (χ4n) is 2.65. The molecule has 0 N–H and O–H groups in total. The number of hydrogen-bond donors (Lipinski definition) is 0. The molecule has 2 aromatic carbocycles. The van der Waals surface area contributed by atoms with Crippen molar-refractivity contribution in [1.29, 1.82) is 0 Å². The summed E-state index contributed by atoms with van der Waals surface area (Å²) >= 11 is 0. The molecule has 0 spiro atoms. The van der Waals surface area contributed by atoms with Crippen molar-refractivity contribution in [3.05, 3.63) is 110 Å². The lowest BCUT2D eigenvalue weighted by molar-refractivity contribution is 0.0861. The summed E-state index contributed by atoms with van der Waals surface area (Å²) in [5.41, 5.74) is 3.06. The van der Waals surface area contributed by atoms with Crippen LogP contribution in [0.3, 0.4) is 0 Å². The Morgan fingerprint density at radius 1 is 0.679 bits per heavy atom. The average molecular weight is 372 g/mol. The molecule has 0 unspecified atom stereocenters. The Bertz CT molecular complexity index is 829. The van der Waals surface area contributed by atoms with Gasteiger partial charge in [-0.25, -0.2) is 0 Å². The number of hydrogen-bond acceptors (Lipinski definition) is 2. The van der Waals surface area contributed by atoms with E-state index in [1.165, 1.54) is 22.2 Å². The summed E-state index contributed by atoms with van der Waals surface area (Å²) in [6.45, 7) is 11.0. The summed E-state index contributed by atoms with van der Waals surface area (Å²) in [4.78, 5) is 27.7. The maximum absolute atomic E-state index is 12.4. The molecule has 2 amide bonds. The second-order valence-corrected chi connectivity index (χ2v) is 5.91. The molecule has 2 aromatic rings. The monoisotopic (exact) mass is 372 g/mol. The van der Waals surface area contributed by atoms with Crippen molar-refractivity contribution in [3.63, 3.8) is 0 Å². The van der Waals surface area contributed by atoms with Crippen LogP contribution in [0.15, 0.2) is 98.6 Å². The molecule has 142 valence electrons. The summed E-state index contributed by atoms with van der Waals surface area (Å²) in [6.07, 6.45) is 9.85. The number of rotatable bonds is 7. The van der Waals surface area contributed by atoms with E-state index in [4.69, 9.17) is 0 Å². The van der Waals surface area contributed by atoms with Crippen LogP contribution in [0.2, 0.25) is 0 Å². The summed E-state index contributed by atoms with van der Waals surface area (Å²) in [5, 5.41) is 0. The van der Waals surface area contributed by atoms with Crippen molar-refractivity contribution in [2.45, 2.75) is 13.8 Å². The molecule has 4 nitrogen and oxygen atoms in total. The molecule has 0 radical (unpaired) electrons. The number of benzene rings is 2. The first kappa shape index (κ1) is 20.6. The summed E-state index contributed by atoms with van der Waals surface area (Å²) in [7, 11) is 0. The van der Waals surface area contributed by atoms with Gasteiger partial charge in [0, 0.05) is 35.9 Å². The van der Waals surface area contributed by atoms with Gasteiger partial charge in [-0.15, -0.1) is 0 Å². The second-order valence-electron chi connectivity index (χ2n) is 5.91. The second kappa shape index (κ2) is 9.88. The van der Waals surface area contributed by atoms with Crippen LogP contribution >= 0.6 is 0 Å². The van der Waals surface area contributed by atoms with E-state index in [0.717, 1.165) is 11.1 Å². The van der Waals surface area contributed by atoms with E-state index < -0.39 is 0 Å². The van der Waals surface area contributed by atoms with E-state index in [1.54, 1.807) is 48.8 Å². The standard InChI is InChI=1S/C24H24N2O2/c1-5-17-25(7-3)23(27)21-13-9-19(10-14-21)20-11-15-22(16-12-20)24(28)26(8-4)18-6-2/h5-18H,3-4H2,1-2H3/b17-5-,18-6-. The minimum Gasteiger partial charge on any atom is -0.292 e. The summed E-state index contributed by atoms with van der Waals surface area (Å²) < 4.78 is 0. The van der Waals surface area contributed by atoms with Gasteiger partial charge >= 0.3 is 0 Å². The van der Waals surface area contributed by atoms with Crippen LogP contribution in [0.1, 0.15) is 34.6 Å². The predicted octanol–water partition coefficient (Wildman–Crippen LogP) is 5.59. The zero-order valence-electron chi connectivity index (χ0n) is 16.2. The third kappa shape index (κ3) is 4.74. The van der Waals surface area contributed by atoms with Gasteiger partial charge in [-0.1, -0.05) is 49.6 Å². The zero-order valence-corrected chi connectivity index (χ0v) is 16.2. The third-order valence-electron chi connectivity index (χ3n) is 4.08. The van der Waals surface area contributed by atoms with Crippen LogP contribution in [-0.2, 0) is 0 Å². The van der Waals surface area contributed by atoms with Crippen LogP contribution < -0.4 is 0 Å². The zero-order chi connectivity index (χ0) is 20.5. The predicted molar refractivity (Wildman–Crippen MR) is 114 cm³/mol. The van der Waals surface area contributed by atoms with Gasteiger partial charge in [0.1, 0.15) is 0 Å². The van der Waals surface area contributed by atoms with Crippen molar-refractivity contribution < 1.29 is 9.59 Å². The summed E-state index contributed by atoms with van der Waals surface area (Å²) in [6, 6.07) is 14.7. The molecule has 0 aliphatic rings. The minimum absolute atomic E-state index is 0.144. The van der Waals surface area contributed by atoms with E-state index in [2.05, 4.69) is 13.2 Å². The van der Waals surface area contributed by atoms with Crippen molar-refractivity contribution in [3.8, 4) is 11.1 Å². The molecule has 0 saturated carbocycles. The lowest BCUT2D eigenvalue weighted by Crippen LogP contribution is -2.19. The van der Waals surface area contributed by atoms with Gasteiger partial charge in [0.2, 0.25) is 0 Å². The fourth-order valence-corrected chi connectivity index (χ4v) is 2.65. The van der Waals surface area contributed by atoms with Crippen molar-refractivity contribution in [2.75, 3.05) is 0 Å². The highest BCUT2D eigenvalue weighted by Crippen LogP contribution is 2.21. The van der Waals surface area contributed by atoms with Gasteiger partial charge in [-0.2, -0.15) is 0 Å². The number of amides is 2. The van der Waals surface area contributed by atoms with E-state index in [0.29, 0.717) is 11.1 Å². The average Bonchev–Trinajstić information content (AvgIpc) is 2.75. The normalized spacial score (nSPS) is 10.8. The number of nitrogens with zero attached hydrogens (tertiary/aromatic N) is 2. The minimum atomic E-state index is -0.144. The molecule has 28 heavy (non-hydrogen) atoms. The number of allylic oxidation sites excluding steroid dienone is 2. The molecule has 0 aliphatic heterocycles. The SMILES string of the molecule is C=CN(/C=C\C)C(=O)c1ccc(-c2ccc(C(=O)N(C=C)/C=C\C)cc2)cc1. The Labute approximate surface area is 166 Å². The first-order chi connectivity index (χ1) is 13.5. The van der Waals surface area contributed by atoms with E-state index in [-0.39, 0.29) is 11.8 Å². The molecule has 2 rings (SSSR count). The van der Waals surface area contributed by atoms with E-state index in [9.17, 15) is 9.59 Å². The van der Waals surface area contributed by atoms with E-state index in [1.807, 2.05) is 38.1 Å². The highest BCUT2D eigenvalue weighted by atomic mass is 16.2. The number of carbonyl (C=O) groups is 2. The fraction of sp³-hybridized carbons (Fsp3) is 0.0833. The van der Waals surface area contributed by atoms with Crippen molar-refractivity contribution in [2.24, 2.45) is 0 Å². The molecule has 0 heterocycles. The Morgan fingerprint density at radius 3 is 1.25 bits per heavy atom. The molecule has 0 bridgehead atoms. The maximum Gasteiger partial charge on any atom is 0.261 e. The quantitative estimate of drug-likeness (QED) is 0.635. The van der Waals surface area contributed by atoms with Crippen LogP contribution in [0, 0.1) is 0 Å². The van der Waals surface area contributed by atoms with Gasteiger partial charge in [0.15, 0.2) is 0 Å². The Balaban J connectivity index is 2.20. The molecular weight excluding hydrogens is 348 g/mol. The first-order valence-corrected chi connectivity index (χ1v) is 8.92. The van der Waals surface area contributed by atoms with Crippen molar-refractivity contribution >= 4 is 11.8 Å². The molecular formula is C24H24N2O2. The molecule has 0 atom stereocenters. The van der Waals surface area contributed by atoms with E-state index >= 15 is 0 Å². The highest BCUT2D eigenvalue weighted by Gasteiger charge is 2.12. The van der Waals surface area contributed by atoms with Crippen LogP contribution in [0.4, 0.5) is 0 Å². The Morgan fingerprint density at radius 2 is 1.00 bits per heavy atom. The van der Waals surface area contributed by atoms with Crippen molar-refractivity contribution in [1.82, 2.24) is 9.80 Å². The topological polar surface area (TPSA) is 40.6 Å². The molecule has 4 heteroatoms. The Hall–Kier alpha value is -3.66. The van der Waals surface area contributed by atoms with Gasteiger partial charge in [-0.05, 0) is 49.2 Å². The molecule has 0 aromatic heterocycles. The molecule has 0 saturated heterocycles. The third-order valence-corrected chi connectivity index (χ3v) is 4.08. The summed E-state index contributed by atoms with van der Waals surface area (Å²) in [5.74, 6) is -0.289. The van der Waals surface area contributed by atoms with Crippen LogP contribution in [0.25, 0.3) is 11.1 Å². The number of carbonyl (C=O) groups excluding carboxylic acids is 2. The smallest absolute Gasteiger partial charge is 0.261 e. The Kier molecular flexibility index (Phi) is 7.28. The molecule has 0 fully saturated rings. The van der Waals surface area contributed by atoms with Gasteiger partial charge < -0.3 is 0 Å². The first-order valence-electron chi connectivity index (χ1n) is 8.92.